The second kappa shape index (κ2) is 15.7. The van der Waals surface area contributed by atoms with Crippen molar-refractivity contribution in [2.45, 2.75) is 68.5 Å². The first-order valence-corrected chi connectivity index (χ1v) is 15.3. The normalized spacial score (nSPS) is 15.9. The van der Waals surface area contributed by atoms with Gasteiger partial charge in [-0.3, -0.25) is 14.8 Å². The van der Waals surface area contributed by atoms with E-state index in [1.165, 1.54) is 0 Å². The Labute approximate surface area is 252 Å². The molecule has 1 unspecified atom stereocenters. The Morgan fingerprint density at radius 2 is 1.83 bits per heavy atom. The zero-order valence-electron chi connectivity index (χ0n) is 25.3. The van der Waals surface area contributed by atoms with Gasteiger partial charge in [-0.15, -0.1) is 11.8 Å². The molecule has 2 heterocycles. The molecule has 1 saturated heterocycles. The molecule has 0 bridgehead atoms. The maximum absolute atomic E-state index is 13.0. The van der Waals surface area contributed by atoms with Gasteiger partial charge in [-0.1, -0.05) is 33.8 Å². The van der Waals surface area contributed by atoms with Crippen LogP contribution in [-0.2, 0) is 10.2 Å². The molecule has 1 atom stereocenters. The Bertz CT molecular complexity index is 1170. The number of alkyl halides is 3. The Hall–Kier alpha value is -2.46. The molecule has 1 fully saturated rings. The van der Waals surface area contributed by atoms with Crippen molar-refractivity contribution in [2.75, 3.05) is 34.2 Å². The molecular weight excluding hydrogens is 565 g/mol. The molecule has 226 valence electrons. The number of aliphatic imine (C=N–C) groups is 1. The lowest BCUT2D eigenvalue weighted by molar-refractivity contribution is -0.130. The van der Waals surface area contributed by atoms with Gasteiger partial charge in [0.15, 0.2) is 0 Å². The zero-order valence-corrected chi connectivity index (χ0v) is 27.0. The quantitative estimate of drug-likeness (QED) is 0.189. The predicted molar refractivity (Wildman–Crippen MR) is 169 cm³/mol. The van der Waals surface area contributed by atoms with Crippen molar-refractivity contribution >= 4 is 40.6 Å². The van der Waals surface area contributed by atoms with Crippen LogP contribution in [0.3, 0.4) is 0 Å². The van der Waals surface area contributed by atoms with Crippen LogP contribution in [0.5, 0.6) is 0 Å². The number of halogens is 3. The molecule has 1 amide bonds. The third-order valence-electron chi connectivity index (χ3n) is 6.65. The summed E-state index contributed by atoms with van der Waals surface area (Å²) in [5, 5.41) is 1.02. The molecule has 0 radical (unpaired) electrons. The van der Waals surface area contributed by atoms with Crippen LogP contribution >= 0.6 is 23.5 Å². The fraction of sp³-hybridized carbons (Fsp3) is 0.516. The van der Waals surface area contributed by atoms with Crippen LogP contribution in [0.2, 0.25) is 0 Å². The Balaban J connectivity index is 0.000000446. The molecule has 0 spiro atoms. The Kier molecular flexibility index (Phi) is 13.3. The molecule has 0 aliphatic carbocycles. The van der Waals surface area contributed by atoms with Gasteiger partial charge in [-0.25, -0.2) is 0 Å². The highest BCUT2D eigenvalue weighted by molar-refractivity contribution is 8.15. The lowest BCUT2D eigenvalue weighted by Crippen LogP contribution is -2.39. The number of benzene rings is 1. The lowest BCUT2D eigenvalue weighted by Gasteiger charge is -2.34. The summed E-state index contributed by atoms with van der Waals surface area (Å²) in [4.78, 5) is 24.0. The van der Waals surface area contributed by atoms with Crippen molar-refractivity contribution in [3.63, 3.8) is 0 Å². The number of carbonyl (C=O) groups is 1. The fourth-order valence-corrected chi connectivity index (χ4v) is 6.08. The third kappa shape index (κ3) is 12.5. The number of hydrogen-bond acceptors (Lipinski definition) is 6. The van der Waals surface area contributed by atoms with E-state index in [0.29, 0.717) is 5.92 Å². The molecule has 1 aromatic carbocycles. The summed E-state index contributed by atoms with van der Waals surface area (Å²) in [7, 11) is 5.67. The minimum atomic E-state index is -4.33. The van der Waals surface area contributed by atoms with Crippen LogP contribution in [-0.4, -0.2) is 70.7 Å². The monoisotopic (exact) mass is 608 g/mol. The summed E-state index contributed by atoms with van der Waals surface area (Å²) in [6.07, 6.45) is 9.49. The van der Waals surface area contributed by atoms with Gasteiger partial charge in [0.05, 0.1) is 5.04 Å². The molecular formula is C31H43F3N4OS2. The van der Waals surface area contributed by atoms with Crippen LogP contribution in [0, 0.1) is 5.92 Å². The average Bonchev–Trinajstić information content (AvgIpc) is 2.89. The summed E-state index contributed by atoms with van der Waals surface area (Å²) >= 11 is 1.54. The number of rotatable bonds is 6. The van der Waals surface area contributed by atoms with Crippen LogP contribution in [0.4, 0.5) is 13.2 Å². The molecule has 1 aromatic heterocycles. The van der Waals surface area contributed by atoms with Crippen molar-refractivity contribution in [1.82, 2.24) is 14.8 Å². The Morgan fingerprint density at radius 3 is 2.32 bits per heavy atom. The highest BCUT2D eigenvalue weighted by Crippen LogP contribution is 2.40. The maximum Gasteiger partial charge on any atom is 0.446 e. The number of amides is 1. The van der Waals surface area contributed by atoms with Crippen molar-refractivity contribution in [1.29, 1.82) is 0 Å². The summed E-state index contributed by atoms with van der Waals surface area (Å²) in [5.41, 5.74) is -1.89. The summed E-state index contributed by atoms with van der Waals surface area (Å²) in [6, 6.07) is 9.12. The van der Waals surface area contributed by atoms with E-state index < -0.39 is 5.51 Å². The van der Waals surface area contributed by atoms with Gasteiger partial charge in [0, 0.05) is 69.3 Å². The largest absolute Gasteiger partial charge is 0.446 e. The molecule has 1 aliphatic rings. The highest BCUT2D eigenvalue weighted by Gasteiger charge is 2.31. The maximum atomic E-state index is 13.0. The van der Waals surface area contributed by atoms with Crippen LogP contribution < -0.4 is 0 Å². The topological polar surface area (TPSA) is 48.8 Å². The van der Waals surface area contributed by atoms with E-state index in [2.05, 4.69) is 16.9 Å². The van der Waals surface area contributed by atoms with E-state index >= 15 is 0 Å². The first-order valence-electron chi connectivity index (χ1n) is 13.6. The summed E-state index contributed by atoms with van der Waals surface area (Å²) in [6.45, 7) is 11.2. The van der Waals surface area contributed by atoms with E-state index in [0.717, 1.165) is 47.7 Å². The number of likely N-dealkylation sites (tertiary alicyclic amines) is 1. The van der Waals surface area contributed by atoms with Crippen LogP contribution in [0.15, 0.2) is 58.8 Å². The van der Waals surface area contributed by atoms with E-state index in [1.807, 2.05) is 81.3 Å². The standard InChI is InChI=1S/C22H31F3N2OS2.C9H12N2/c1-14(16-7-9-27(10-8-16)15(2)28)29-20(26-6)17-11-18(21(3,4)5)13-19(12-17)30-22(23,24)25;1-11(2)7-5-9-4-3-6-10-8-9/h11-14,16H,7-10H2,1-6H3;3-8H,1-2H3/b;7-5-. The Morgan fingerprint density at radius 1 is 1.17 bits per heavy atom. The van der Waals surface area contributed by atoms with E-state index in [9.17, 15) is 18.0 Å². The molecule has 0 N–H and O–H groups in total. The zero-order chi connectivity index (χ0) is 30.8. The predicted octanol–water partition coefficient (Wildman–Crippen LogP) is 7.97. The molecule has 2 aromatic rings. The lowest BCUT2D eigenvalue weighted by atomic mass is 9.86. The SMILES string of the molecule is CN(C)/C=C\c1cccnc1.CN=C(SC(C)C1CCN(C(C)=O)CC1)c1cc(SC(F)(F)F)cc(C(C)(C)C)c1. The van der Waals surface area contributed by atoms with E-state index in [-0.39, 0.29) is 33.2 Å². The average molecular weight is 609 g/mol. The molecule has 41 heavy (non-hydrogen) atoms. The van der Waals surface area contributed by atoms with Crippen molar-refractivity contribution in [2.24, 2.45) is 10.9 Å². The van der Waals surface area contributed by atoms with Crippen molar-refractivity contribution in [3.05, 3.63) is 65.6 Å². The summed E-state index contributed by atoms with van der Waals surface area (Å²) < 4.78 is 39.1. The van der Waals surface area contributed by atoms with Gasteiger partial charge in [-0.2, -0.15) is 13.2 Å². The van der Waals surface area contributed by atoms with Crippen molar-refractivity contribution in [3.8, 4) is 0 Å². The second-order valence-corrected chi connectivity index (χ2v) is 13.8. The van der Waals surface area contributed by atoms with Gasteiger partial charge < -0.3 is 9.80 Å². The van der Waals surface area contributed by atoms with Crippen molar-refractivity contribution < 1.29 is 18.0 Å². The third-order valence-corrected chi connectivity index (χ3v) is 8.75. The highest BCUT2D eigenvalue weighted by atomic mass is 32.2. The number of thioether (sulfide) groups is 2. The number of hydrogen-bond donors (Lipinski definition) is 0. The molecule has 10 heteroatoms. The van der Waals surface area contributed by atoms with Gasteiger partial charge >= 0.3 is 5.51 Å². The van der Waals surface area contributed by atoms with Gasteiger partial charge in [0.2, 0.25) is 5.91 Å². The first-order chi connectivity index (χ1) is 19.1. The van der Waals surface area contributed by atoms with Gasteiger partial charge in [0.1, 0.15) is 0 Å². The smallest absolute Gasteiger partial charge is 0.383 e. The minimum Gasteiger partial charge on any atom is -0.383 e. The number of carbonyl (C=O) groups excluding carboxylic acids is 1. The van der Waals surface area contributed by atoms with Crippen LogP contribution in [0.1, 0.15) is 64.2 Å². The molecule has 0 saturated carbocycles. The fourth-order valence-electron chi connectivity index (χ4n) is 4.26. The van der Waals surface area contributed by atoms with Gasteiger partial charge in [-0.05, 0) is 83.6 Å². The molecule has 5 nitrogen and oxygen atoms in total. The first kappa shape index (κ1) is 34.7. The number of pyridine rings is 1. The molecule has 1 aliphatic heterocycles. The van der Waals surface area contributed by atoms with Gasteiger partial charge in [0.25, 0.3) is 0 Å². The number of nitrogens with zero attached hydrogens (tertiary/aromatic N) is 4. The summed E-state index contributed by atoms with van der Waals surface area (Å²) in [5.74, 6) is 0.551. The molecule has 3 rings (SSSR count). The van der Waals surface area contributed by atoms with Crippen LogP contribution in [0.25, 0.3) is 6.08 Å². The van der Waals surface area contributed by atoms with E-state index in [1.54, 1.807) is 44.1 Å². The number of aromatic nitrogens is 1. The second-order valence-electron chi connectivity index (χ2n) is 11.3. The number of piperidine rings is 1. The van der Waals surface area contributed by atoms with E-state index in [4.69, 9.17) is 0 Å². The minimum absolute atomic E-state index is 0.0788.